The van der Waals surface area contributed by atoms with Gasteiger partial charge in [-0.3, -0.25) is 9.78 Å². The van der Waals surface area contributed by atoms with Gasteiger partial charge in [0, 0.05) is 13.2 Å². The van der Waals surface area contributed by atoms with Gasteiger partial charge in [0.05, 0.1) is 17.5 Å². The van der Waals surface area contributed by atoms with Crippen LogP contribution in [0.1, 0.15) is 21.9 Å². The van der Waals surface area contributed by atoms with Crippen LogP contribution < -0.4 is 0 Å². The first-order chi connectivity index (χ1) is 9.66. The quantitative estimate of drug-likeness (QED) is 0.684. The molecule has 0 aliphatic rings. The van der Waals surface area contributed by atoms with Crippen LogP contribution >= 0.6 is 0 Å². The van der Waals surface area contributed by atoms with E-state index in [1.54, 1.807) is 6.20 Å². The zero-order chi connectivity index (χ0) is 14.1. The number of aromatic nitrogens is 3. The number of benzene rings is 1. The van der Waals surface area contributed by atoms with E-state index in [0.29, 0.717) is 5.69 Å². The molecule has 0 fully saturated rings. The SMILES string of the molecule is Cc1cccnc1C(=O)Cc1nc2ccccc2n1C. The van der Waals surface area contributed by atoms with Gasteiger partial charge in [-0.05, 0) is 30.7 Å². The Morgan fingerprint density at radius 1 is 1.20 bits per heavy atom. The number of hydrogen-bond donors (Lipinski definition) is 0. The molecule has 4 heteroatoms. The molecule has 3 aromatic rings. The van der Waals surface area contributed by atoms with E-state index in [-0.39, 0.29) is 12.2 Å². The van der Waals surface area contributed by atoms with Gasteiger partial charge in [0.15, 0.2) is 5.78 Å². The molecular formula is C16H15N3O. The molecule has 2 heterocycles. The normalized spacial score (nSPS) is 10.9. The molecule has 20 heavy (non-hydrogen) atoms. The molecule has 0 amide bonds. The molecule has 0 atom stereocenters. The third-order valence-corrected chi connectivity index (χ3v) is 3.47. The highest BCUT2D eigenvalue weighted by Crippen LogP contribution is 2.16. The minimum absolute atomic E-state index is 0.00139. The number of aryl methyl sites for hydroxylation is 2. The van der Waals surface area contributed by atoms with Crippen molar-refractivity contribution in [3.05, 3.63) is 59.7 Å². The lowest BCUT2D eigenvalue weighted by Crippen LogP contribution is -2.11. The zero-order valence-corrected chi connectivity index (χ0v) is 11.5. The lowest BCUT2D eigenvalue weighted by molar-refractivity contribution is 0.0984. The molecule has 100 valence electrons. The van der Waals surface area contributed by atoms with Gasteiger partial charge in [-0.2, -0.15) is 0 Å². The Morgan fingerprint density at radius 3 is 2.75 bits per heavy atom. The fourth-order valence-corrected chi connectivity index (χ4v) is 2.36. The van der Waals surface area contributed by atoms with Crippen LogP contribution in [0.25, 0.3) is 11.0 Å². The van der Waals surface area contributed by atoms with Gasteiger partial charge in [0.2, 0.25) is 0 Å². The summed E-state index contributed by atoms with van der Waals surface area (Å²) in [6.07, 6.45) is 1.91. The van der Waals surface area contributed by atoms with Crippen molar-refractivity contribution in [2.45, 2.75) is 13.3 Å². The van der Waals surface area contributed by atoms with Gasteiger partial charge in [-0.15, -0.1) is 0 Å². The molecule has 0 aliphatic carbocycles. The maximum atomic E-state index is 12.3. The molecule has 4 nitrogen and oxygen atoms in total. The summed E-state index contributed by atoms with van der Waals surface area (Å²) in [6, 6.07) is 11.6. The average Bonchev–Trinajstić information content (AvgIpc) is 2.76. The number of rotatable bonds is 3. The molecule has 1 aromatic carbocycles. The highest BCUT2D eigenvalue weighted by Gasteiger charge is 2.15. The smallest absolute Gasteiger partial charge is 0.188 e. The Labute approximate surface area is 117 Å². The standard InChI is InChI=1S/C16H15N3O/c1-11-6-5-9-17-16(11)14(20)10-15-18-12-7-3-4-8-13(12)19(15)2/h3-9H,10H2,1-2H3. The second-order valence-corrected chi connectivity index (χ2v) is 4.84. The van der Waals surface area contributed by atoms with E-state index in [2.05, 4.69) is 9.97 Å². The van der Waals surface area contributed by atoms with E-state index in [9.17, 15) is 4.79 Å². The largest absolute Gasteiger partial charge is 0.331 e. The van der Waals surface area contributed by atoms with Crippen LogP contribution in [0.15, 0.2) is 42.6 Å². The molecule has 0 bridgehead atoms. The fraction of sp³-hybridized carbons (Fsp3) is 0.188. The van der Waals surface area contributed by atoms with Crippen molar-refractivity contribution in [3.63, 3.8) is 0 Å². The Morgan fingerprint density at radius 2 is 2.00 bits per heavy atom. The number of nitrogens with zero attached hydrogens (tertiary/aromatic N) is 3. The average molecular weight is 265 g/mol. The number of ketones is 1. The van der Waals surface area contributed by atoms with Gasteiger partial charge in [-0.25, -0.2) is 4.98 Å². The van der Waals surface area contributed by atoms with E-state index in [4.69, 9.17) is 0 Å². The minimum atomic E-state index is 0.00139. The molecule has 0 spiro atoms. The summed E-state index contributed by atoms with van der Waals surface area (Å²) in [5.41, 5.74) is 3.37. The highest BCUT2D eigenvalue weighted by atomic mass is 16.1. The first-order valence-electron chi connectivity index (χ1n) is 6.52. The third-order valence-electron chi connectivity index (χ3n) is 3.47. The van der Waals surface area contributed by atoms with E-state index >= 15 is 0 Å². The maximum absolute atomic E-state index is 12.3. The molecule has 0 unspecified atom stereocenters. The summed E-state index contributed by atoms with van der Waals surface area (Å²) >= 11 is 0. The fourth-order valence-electron chi connectivity index (χ4n) is 2.36. The Bertz CT molecular complexity index is 789. The van der Waals surface area contributed by atoms with Crippen LogP contribution in [0.3, 0.4) is 0 Å². The number of Topliss-reactive ketones (excluding diaryl/α,β-unsaturated/α-hetero) is 1. The van der Waals surface area contributed by atoms with Crippen molar-refractivity contribution in [2.75, 3.05) is 0 Å². The van der Waals surface area contributed by atoms with Crippen molar-refractivity contribution in [1.29, 1.82) is 0 Å². The van der Waals surface area contributed by atoms with Crippen LogP contribution in [0.5, 0.6) is 0 Å². The lowest BCUT2D eigenvalue weighted by atomic mass is 10.1. The van der Waals surface area contributed by atoms with Crippen molar-refractivity contribution < 1.29 is 4.79 Å². The Balaban J connectivity index is 1.96. The van der Waals surface area contributed by atoms with Crippen LogP contribution in [0.2, 0.25) is 0 Å². The Hall–Kier alpha value is -2.49. The van der Waals surface area contributed by atoms with E-state index in [0.717, 1.165) is 22.4 Å². The number of carbonyl (C=O) groups is 1. The van der Waals surface area contributed by atoms with Crippen molar-refractivity contribution in [1.82, 2.24) is 14.5 Å². The third kappa shape index (κ3) is 2.09. The van der Waals surface area contributed by atoms with Crippen molar-refractivity contribution in [2.24, 2.45) is 7.05 Å². The molecule has 3 rings (SSSR count). The van der Waals surface area contributed by atoms with Crippen LogP contribution in [-0.4, -0.2) is 20.3 Å². The zero-order valence-electron chi connectivity index (χ0n) is 11.5. The van der Waals surface area contributed by atoms with Gasteiger partial charge in [0.1, 0.15) is 11.5 Å². The predicted octanol–water partition coefficient (Wildman–Crippen LogP) is 2.70. The second-order valence-electron chi connectivity index (χ2n) is 4.84. The van der Waals surface area contributed by atoms with Crippen molar-refractivity contribution in [3.8, 4) is 0 Å². The maximum Gasteiger partial charge on any atom is 0.188 e. The van der Waals surface area contributed by atoms with Gasteiger partial charge < -0.3 is 4.57 Å². The van der Waals surface area contributed by atoms with E-state index in [1.807, 2.05) is 54.9 Å². The van der Waals surface area contributed by atoms with E-state index in [1.165, 1.54) is 0 Å². The molecule has 0 saturated heterocycles. The second kappa shape index (κ2) is 4.89. The van der Waals surface area contributed by atoms with Crippen LogP contribution in [0, 0.1) is 6.92 Å². The summed E-state index contributed by atoms with van der Waals surface area (Å²) in [5.74, 6) is 0.766. The monoisotopic (exact) mass is 265 g/mol. The van der Waals surface area contributed by atoms with Gasteiger partial charge in [-0.1, -0.05) is 18.2 Å². The highest BCUT2D eigenvalue weighted by molar-refractivity contribution is 5.97. The van der Waals surface area contributed by atoms with E-state index < -0.39 is 0 Å². The molecule has 0 saturated carbocycles. The van der Waals surface area contributed by atoms with Crippen LogP contribution in [0.4, 0.5) is 0 Å². The lowest BCUT2D eigenvalue weighted by Gasteiger charge is -2.04. The molecule has 0 N–H and O–H groups in total. The number of fused-ring (bicyclic) bond motifs is 1. The van der Waals surface area contributed by atoms with Crippen LogP contribution in [-0.2, 0) is 13.5 Å². The Kier molecular flexibility index (Phi) is 3.06. The number of hydrogen-bond acceptors (Lipinski definition) is 3. The van der Waals surface area contributed by atoms with Gasteiger partial charge >= 0.3 is 0 Å². The molecule has 0 radical (unpaired) electrons. The summed E-state index contributed by atoms with van der Waals surface area (Å²) < 4.78 is 1.96. The number of para-hydroxylation sites is 2. The molecule has 2 aromatic heterocycles. The predicted molar refractivity (Wildman–Crippen MR) is 77.7 cm³/mol. The summed E-state index contributed by atoms with van der Waals surface area (Å²) in [6.45, 7) is 1.90. The first kappa shape index (κ1) is 12.5. The van der Waals surface area contributed by atoms with Crippen molar-refractivity contribution >= 4 is 16.8 Å². The molecular weight excluding hydrogens is 250 g/mol. The topological polar surface area (TPSA) is 47.8 Å². The summed E-state index contributed by atoms with van der Waals surface area (Å²) in [7, 11) is 1.93. The first-order valence-corrected chi connectivity index (χ1v) is 6.52. The summed E-state index contributed by atoms with van der Waals surface area (Å²) in [5, 5.41) is 0. The number of imidazole rings is 1. The molecule has 0 aliphatic heterocycles. The minimum Gasteiger partial charge on any atom is -0.331 e. The number of carbonyl (C=O) groups excluding carboxylic acids is 1. The van der Waals surface area contributed by atoms with Gasteiger partial charge in [0.25, 0.3) is 0 Å². The number of pyridine rings is 1. The summed E-state index contributed by atoms with van der Waals surface area (Å²) in [4.78, 5) is 21.0.